The number of halogens is 1. The summed E-state index contributed by atoms with van der Waals surface area (Å²) in [6.07, 6.45) is -0.407. The van der Waals surface area contributed by atoms with Crippen LogP contribution in [0.5, 0.6) is 0 Å². The number of hydrogen-bond acceptors (Lipinski definition) is 4. The van der Waals surface area contributed by atoms with Crippen molar-refractivity contribution in [1.29, 1.82) is 0 Å². The van der Waals surface area contributed by atoms with E-state index in [2.05, 4.69) is 4.74 Å². The second kappa shape index (κ2) is 5.95. The van der Waals surface area contributed by atoms with Gasteiger partial charge < -0.3 is 4.74 Å². The van der Waals surface area contributed by atoms with Crippen molar-refractivity contribution < 1.29 is 22.3 Å². The van der Waals surface area contributed by atoms with Gasteiger partial charge in [-0.15, -0.1) is 0 Å². The molecule has 84 valence electrons. The van der Waals surface area contributed by atoms with Gasteiger partial charge in [-0.3, -0.25) is 9.18 Å². The van der Waals surface area contributed by atoms with Crippen molar-refractivity contribution >= 4 is 15.8 Å². The number of esters is 1. The Hall–Kier alpha value is -0.650. The lowest BCUT2D eigenvalue weighted by Gasteiger charge is -2.07. The molecule has 0 aromatic heterocycles. The Morgan fingerprint density at radius 2 is 2.00 bits per heavy atom. The number of carbonyl (C=O) groups excluding carboxylic acids is 1. The summed E-state index contributed by atoms with van der Waals surface area (Å²) in [6, 6.07) is 0. The zero-order chi connectivity index (χ0) is 11.2. The van der Waals surface area contributed by atoms with Crippen LogP contribution in [0.25, 0.3) is 0 Å². The fraction of sp³-hybridized carbons (Fsp3) is 0.875. The van der Waals surface area contributed by atoms with Crippen LogP contribution in [-0.4, -0.2) is 38.7 Å². The minimum Gasteiger partial charge on any atom is -0.462 e. The molecular weight excluding hydrogens is 211 g/mol. The fourth-order valence-electron chi connectivity index (χ4n) is 0.823. The van der Waals surface area contributed by atoms with Crippen LogP contribution in [0, 0.1) is 0 Å². The van der Waals surface area contributed by atoms with Gasteiger partial charge in [0.15, 0.2) is 9.84 Å². The van der Waals surface area contributed by atoms with Crippen molar-refractivity contribution in [1.82, 2.24) is 0 Å². The topological polar surface area (TPSA) is 60.4 Å². The van der Waals surface area contributed by atoms with Gasteiger partial charge in [0.05, 0.1) is 18.5 Å². The molecule has 0 radical (unpaired) electrons. The van der Waals surface area contributed by atoms with Gasteiger partial charge >= 0.3 is 5.97 Å². The number of sulfone groups is 1. The molecule has 0 unspecified atom stereocenters. The number of carbonyl (C=O) groups is 1. The van der Waals surface area contributed by atoms with E-state index in [9.17, 15) is 17.6 Å². The van der Waals surface area contributed by atoms with Gasteiger partial charge in [0, 0.05) is 0 Å². The predicted octanol–water partition coefficient (Wildman–Crippen LogP) is 0.712. The summed E-state index contributed by atoms with van der Waals surface area (Å²) >= 11 is 0. The van der Waals surface area contributed by atoms with Crippen molar-refractivity contribution in [2.45, 2.75) is 26.4 Å². The van der Waals surface area contributed by atoms with E-state index in [0.717, 1.165) is 0 Å². The van der Waals surface area contributed by atoms with E-state index in [4.69, 9.17) is 0 Å². The van der Waals surface area contributed by atoms with E-state index in [-0.39, 0.29) is 18.3 Å². The second-order valence-corrected chi connectivity index (χ2v) is 5.36. The molecule has 0 aromatic carbocycles. The van der Waals surface area contributed by atoms with Crippen molar-refractivity contribution in [2.75, 3.05) is 18.2 Å². The van der Waals surface area contributed by atoms with Crippen LogP contribution < -0.4 is 0 Å². The van der Waals surface area contributed by atoms with Crippen LogP contribution in [0.1, 0.15) is 20.3 Å². The minimum atomic E-state index is -3.50. The van der Waals surface area contributed by atoms with Crippen molar-refractivity contribution in [2.24, 2.45) is 0 Å². The Balaban J connectivity index is 4.03. The third-order valence-corrected chi connectivity index (χ3v) is 2.88. The summed E-state index contributed by atoms with van der Waals surface area (Å²) in [5, 5.41) is 0. The highest BCUT2D eigenvalue weighted by atomic mass is 32.2. The average Bonchev–Trinajstić information content (AvgIpc) is 1.98. The SMILES string of the molecule is CC(C)OC(=O)CS(=O)(=O)CCCF. The second-order valence-electron chi connectivity index (χ2n) is 3.17. The Morgan fingerprint density at radius 3 is 2.43 bits per heavy atom. The number of rotatable bonds is 6. The fourth-order valence-corrected chi connectivity index (χ4v) is 1.94. The van der Waals surface area contributed by atoms with Crippen LogP contribution >= 0.6 is 0 Å². The molecule has 0 aliphatic rings. The van der Waals surface area contributed by atoms with E-state index >= 15 is 0 Å². The van der Waals surface area contributed by atoms with E-state index < -0.39 is 28.2 Å². The molecule has 0 aliphatic heterocycles. The summed E-state index contributed by atoms with van der Waals surface area (Å²) < 4.78 is 38.6. The normalized spacial score (nSPS) is 11.7. The third-order valence-electron chi connectivity index (χ3n) is 1.29. The molecule has 0 rings (SSSR count). The molecule has 4 nitrogen and oxygen atoms in total. The lowest BCUT2D eigenvalue weighted by Crippen LogP contribution is -2.23. The van der Waals surface area contributed by atoms with Crippen molar-refractivity contribution in [3.8, 4) is 0 Å². The average molecular weight is 226 g/mol. The highest BCUT2D eigenvalue weighted by molar-refractivity contribution is 7.92. The first-order valence-electron chi connectivity index (χ1n) is 4.33. The standard InChI is InChI=1S/C8H15FO4S/c1-7(2)13-8(10)6-14(11,12)5-3-4-9/h7H,3-6H2,1-2H3. The van der Waals surface area contributed by atoms with Crippen LogP contribution in [-0.2, 0) is 19.4 Å². The Morgan fingerprint density at radius 1 is 1.43 bits per heavy atom. The van der Waals surface area contributed by atoms with Crippen LogP contribution in [0.3, 0.4) is 0 Å². The maximum atomic E-state index is 11.7. The first kappa shape index (κ1) is 13.4. The monoisotopic (exact) mass is 226 g/mol. The Labute approximate surface area is 83.4 Å². The van der Waals surface area contributed by atoms with Crippen molar-refractivity contribution in [3.05, 3.63) is 0 Å². The van der Waals surface area contributed by atoms with Crippen molar-refractivity contribution in [3.63, 3.8) is 0 Å². The van der Waals surface area contributed by atoms with Gasteiger partial charge in [0.2, 0.25) is 0 Å². The molecule has 0 saturated heterocycles. The molecule has 0 aromatic rings. The largest absolute Gasteiger partial charge is 0.462 e. The predicted molar refractivity (Wildman–Crippen MR) is 50.5 cm³/mol. The molecule has 0 heterocycles. The Kier molecular flexibility index (Phi) is 5.68. The highest BCUT2D eigenvalue weighted by Crippen LogP contribution is 1.98. The van der Waals surface area contributed by atoms with E-state index in [1.807, 2.05) is 0 Å². The molecule has 0 aliphatic carbocycles. The third kappa shape index (κ3) is 6.82. The summed E-state index contributed by atoms with van der Waals surface area (Å²) in [5.41, 5.74) is 0. The maximum Gasteiger partial charge on any atom is 0.321 e. The molecule has 0 saturated carbocycles. The van der Waals surface area contributed by atoms with Crippen LogP contribution in [0.4, 0.5) is 4.39 Å². The lowest BCUT2D eigenvalue weighted by molar-refractivity contribution is -0.144. The minimum absolute atomic E-state index is 0.0721. The summed E-state index contributed by atoms with van der Waals surface area (Å²) in [7, 11) is -3.50. The smallest absolute Gasteiger partial charge is 0.321 e. The molecule has 0 bridgehead atoms. The van der Waals surface area contributed by atoms with Gasteiger partial charge in [-0.25, -0.2) is 8.42 Å². The molecule has 14 heavy (non-hydrogen) atoms. The highest BCUT2D eigenvalue weighted by Gasteiger charge is 2.18. The van der Waals surface area contributed by atoms with Gasteiger partial charge in [-0.05, 0) is 20.3 Å². The van der Waals surface area contributed by atoms with E-state index in [1.54, 1.807) is 13.8 Å². The molecular formula is C8H15FO4S. The molecule has 0 amide bonds. The van der Waals surface area contributed by atoms with Crippen LogP contribution in [0.15, 0.2) is 0 Å². The van der Waals surface area contributed by atoms with Crippen LogP contribution in [0.2, 0.25) is 0 Å². The summed E-state index contributed by atoms with van der Waals surface area (Å²) in [4.78, 5) is 10.9. The molecule has 0 N–H and O–H groups in total. The summed E-state index contributed by atoms with van der Waals surface area (Å²) in [6.45, 7) is 2.57. The zero-order valence-corrected chi connectivity index (χ0v) is 9.14. The molecule has 0 atom stereocenters. The zero-order valence-electron chi connectivity index (χ0n) is 8.32. The first-order chi connectivity index (χ1) is 6.37. The molecule has 0 fully saturated rings. The lowest BCUT2D eigenvalue weighted by atomic mass is 10.5. The van der Waals surface area contributed by atoms with Gasteiger partial charge in [0.1, 0.15) is 5.75 Å². The van der Waals surface area contributed by atoms with E-state index in [0.29, 0.717) is 0 Å². The van der Waals surface area contributed by atoms with Gasteiger partial charge in [-0.2, -0.15) is 0 Å². The first-order valence-corrected chi connectivity index (χ1v) is 6.15. The number of alkyl halides is 1. The Bertz CT molecular complexity index is 271. The summed E-state index contributed by atoms with van der Waals surface area (Å²) in [5.74, 6) is -1.75. The maximum absolute atomic E-state index is 11.7. The number of hydrogen-bond donors (Lipinski definition) is 0. The number of ether oxygens (including phenoxy) is 1. The van der Waals surface area contributed by atoms with E-state index in [1.165, 1.54) is 0 Å². The molecule has 6 heteroatoms. The quantitative estimate of drug-likeness (QED) is 0.626. The van der Waals surface area contributed by atoms with Gasteiger partial charge in [-0.1, -0.05) is 0 Å². The van der Waals surface area contributed by atoms with Gasteiger partial charge in [0.25, 0.3) is 0 Å². The molecule has 0 spiro atoms.